The number of anilines is 1. The third-order valence-corrected chi connectivity index (χ3v) is 5.42. The lowest BCUT2D eigenvalue weighted by atomic mass is 9.98. The fourth-order valence-corrected chi connectivity index (χ4v) is 3.26. The number of amides is 1. The van der Waals surface area contributed by atoms with Gasteiger partial charge >= 0.3 is 5.97 Å². The van der Waals surface area contributed by atoms with E-state index in [2.05, 4.69) is 19.2 Å². The highest BCUT2D eigenvalue weighted by Gasteiger charge is 2.20. The van der Waals surface area contributed by atoms with Crippen LogP contribution in [0.15, 0.2) is 72.8 Å². The number of carbonyl (C=O) groups excluding carboxylic acids is 3. The van der Waals surface area contributed by atoms with Crippen LogP contribution in [-0.4, -0.2) is 24.3 Å². The van der Waals surface area contributed by atoms with Crippen LogP contribution in [0.25, 0.3) is 0 Å². The van der Waals surface area contributed by atoms with E-state index >= 15 is 0 Å². The zero-order valence-corrected chi connectivity index (χ0v) is 18.6. The Bertz CT molecular complexity index is 1100. The molecule has 1 atom stereocenters. The Hall–Kier alpha value is -3.73. The van der Waals surface area contributed by atoms with E-state index in [1.807, 2.05) is 43.3 Å². The molecule has 1 amide bonds. The highest BCUT2D eigenvalue weighted by atomic mass is 16.5. The van der Waals surface area contributed by atoms with E-state index in [9.17, 15) is 14.4 Å². The van der Waals surface area contributed by atoms with Crippen LogP contribution in [-0.2, 0) is 9.53 Å². The molecule has 0 aromatic heterocycles. The first-order chi connectivity index (χ1) is 15.4. The molecule has 32 heavy (non-hydrogen) atoms. The molecule has 3 rings (SSSR count). The van der Waals surface area contributed by atoms with Gasteiger partial charge in [-0.1, -0.05) is 74.0 Å². The van der Waals surface area contributed by atoms with E-state index < -0.39 is 18.5 Å². The Morgan fingerprint density at radius 2 is 1.50 bits per heavy atom. The zero-order chi connectivity index (χ0) is 23.1. The SMILES string of the molecule is CC[C@@H](C)c1ccc(NC(=O)COC(=O)c2ccccc2C(=O)c2ccc(C)cc2)cc1. The number of hydrogen-bond donors (Lipinski definition) is 1. The van der Waals surface area contributed by atoms with Gasteiger partial charge in [0.1, 0.15) is 0 Å². The first kappa shape index (κ1) is 22.9. The summed E-state index contributed by atoms with van der Waals surface area (Å²) in [6.07, 6.45) is 1.04. The summed E-state index contributed by atoms with van der Waals surface area (Å²) in [6.45, 7) is 5.76. The molecule has 0 aliphatic rings. The summed E-state index contributed by atoms with van der Waals surface area (Å²) in [5.74, 6) is -0.993. The second-order valence-corrected chi connectivity index (χ2v) is 7.80. The van der Waals surface area contributed by atoms with E-state index in [-0.39, 0.29) is 16.9 Å². The lowest BCUT2D eigenvalue weighted by molar-refractivity contribution is -0.119. The van der Waals surface area contributed by atoms with Crippen LogP contribution in [0.1, 0.15) is 63.6 Å². The topological polar surface area (TPSA) is 72.5 Å². The molecule has 0 unspecified atom stereocenters. The Morgan fingerprint density at radius 3 is 2.12 bits per heavy atom. The predicted molar refractivity (Wildman–Crippen MR) is 125 cm³/mol. The van der Waals surface area contributed by atoms with Crippen molar-refractivity contribution in [2.75, 3.05) is 11.9 Å². The van der Waals surface area contributed by atoms with Crippen LogP contribution in [0.3, 0.4) is 0 Å². The minimum Gasteiger partial charge on any atom is -0.452 e. The van der Waals surface area contributed by atoms with Gasteiger partial charge in [-0.25, -0.2) is 4.79 Å². The molecule has 0 aliphatic heterocycles. The fourth-order valence-electron chi connectivity index (χ4n) is 3.26. The van der Waals surface area contributed by atoms with Crippen molar-refractivity contribution in [2.45, 2.75) is 33.1 Å². The van der Waals surface area contributed by atoms with Gasteiger partial charge in [-0.05, 0) is 43.0 Å². The lowest BCUT2D eigenvalue weighted by Crippen LogP contribution is -2.22. The van der Waals surface area contributed by atoms with Crippen LogP contribution < -0.4 is 5.32 Å². The van der Waals surface area contributed by atoms with Crippen LogP contribution >= 0.6 is 0 Å². The van der Waals surface area contributed by atoms with Gasteiger partial charge in [-0.2, -0.15) is 0 Å². The molecule has 0 saturated heterocycles. The highest BCUT2D eigenvalue weighted by molar-refractivity contribution is 6.14. The summed E-state index contributed by atoms with van der Waals surface area (Å²) in [4.78, 5) is 37.7. The summed E-state index contributed by atoms with van der Waals surface area (Å²) in [5, 5.41) is 2.72. The van der Waals surface area contributed by atoms with E-state index in [1.54, 1.807) is 30.3 Å². The molecule has 164 valence electrons. The van der Waals surface area contributed by atoms with Crippen molar-refractivity contribution in [1.29, 1.82) is 0 Å². The number of nitrogens with one attached hydrogen (secondary N) is 1. The number of aryl methyl sites for hydroxylation is 1. The molecule has 0 fully saturated rings. The van der Waals surface area contributed by atoms with Crippen LogP contribution in [0.2, 0.25) is 0 Å². The fraction of sp³-hybridized carbons (Fsp3) is 0.222. The first-order valence-electron chi connectivity index (χ1n) is 10.7. The normalized spacial score (nSPS) is 11.5. The smallest absolute Gasteiger partial charge is 0.339 e. The molecule has 3 aromatic rings. The molecule has 5 heteroatoms. The second kappa shape index (κ2) is 10.5. The average Bonchev–Trinajstić information content (AvgIpc) is 2.82. The van der Waals surface area contributed by atoms with Gasteiger partial charge in [0, 0.05) is 16.8 Å². The van der Waals surface area contributed by atoms with Crippen molar-refractivity contribution in [2.24, 2.45) is 0 Å². The quantitative estimate of drug-likeness (QED) is 0.377. The summed E-state index contributed by atoms with van der Waals surface area (Å²) >= 11 is 0. The molecule has 0 bridgehead atoms. The molecular formula is C27H27NO4. The Kier molecular flexibility index (Phi) is 7.55. The van der Waals surface area contributed by atoms with E-state index in [4.69, 9.17) is 4.74 Å². The minimum absolute atomic E-state index is 0.129. The van der Waals surface area contributed by atoms with Gasteiger partial charge in [-0.3, -0.25) is 9.59 Å². The molecular weight excluding hydrogens is 402 g/mol. The predicted octanol–water partition coefficient (Wildman–Crippen LogP) is 5.54. The number of rotatable bonds is 8. The number of esters is 1. The molecule has 0 aliphatic carbocycles. The number of hydrogen-bond acceptors (Lipinski definition) is 4. The summed E-state index contributed by atoms with van der Waals surface area (Å²) in [7, 11) is 0. The average molecular weight is 430 g/mol. The van der Waals surface area contributed by atoms with E-state index in [0.29, 0.717) is 17.2 Å². The van der Waals surface area contributed by atoms with Crippen molar-refractivity contribution in [1.82, 2.24) is 0 Å². The molecule has 0 radical (unpaired) electrons. The van der Waals surface area contributed by atoms with Gasteiger partial charge < -0.3 is 10.1 Å². The van der Waals surface area contributed by atoms with Gasteiger partial charge in [-0.15, -0.1) is 0 Å². The van der Waals surface area contributed by atoms with Crippen LogP contribution in [0.5, 0.6) is 0 Å². The van der Waals surface area contributed by atoms with Crippen LogP contribution in [0.4, 0.5) is 5.69 Å². The number of ketones is 1. The Morgan fingerprint density at radius 1 is 0.875 bits per heavy atom. The molecule has 0 heterocycles. The zero-order valence-electron chi connectivity index (χ0n) is 18.6. The van der Waals surface area contributed by atoms with Gasteiger partial charge in [0.15, 0.2) is 12.4 Å². The maximum Gasteiger partial charge on any atom is 0.339 e. The maximum absolute atomic E-state index is 12.9. The minimum atomic E-state index is -0.719. The third kappa shape index (κ3) is 5.70. The summed E-state index contributed by atoms with van der Waals surface area (Å²) in [5.41, 5.74) is 3.72. The largest absolute Gasteiger partial charge is 0.452 e. The molecule has 0 saturated carbocycles. The van der Waals surface area contributed by atoms with E-state index in [1.165, 1.54) is 11.6 Å². The van der Waals surface area contributed by atoms with Crippen LogP contribution in [0, 0.1) is 6.92 Å². The highest BCUT2D eigenvalue weighted by Crippen LogP contribution is 2.20. The van der Waals surface area contributed by atoms with Crippen molar-refractivity contribution < 1.29 is 19.1 Å². The lowest BCUT2D eigenvalue weighted by Gasteiger charge is -2.11. The summed E-state index contributed by atoms with van der Waals surface area (Å²) < 4.78 is 5.18. The second-order valence-electron chi connectivity index (χ2n) is 7.80. The molecule has 0 spiro atoms. The van der Waals surface area contributed by atoms with Gasteiger partial charge in [0.05, 0.1) is 5.56 Å². The molecule has 3 aromatic carbocycles. The maximum atomic E-state index is 12.9. The van der Waals surface area contributed by atoms with Crippen molar-refractivity contribution >= 4 is 23.3 Å². The number of carbonyl (C=O) groups is 3. The van der Waals surface area contributed by atoms with E-state index in [0.717, 1.165) is 12.0 Å². The van der Waals surface area contributed by atoms with Gasteiger partial charge in [0.2, 0.25) is 0 Å². The van der Waals surface area contributed by atoms with Crippen molar-refractivity contribution in [3.05, 3.63) is 101 Å². The Balaban J connectivity index is 1.63. The van der Waals surface area contributed by atoms with Crippen molar-refractivity contribution in [3.8, 4) is 0 Å². The standard InChI is InChI=1S/C27H27NO4/c1-4-19(3)20-13-15-22(16-14-20)28-25(29)17-32-27(31)24-8-6-5-7-23(24)26(30)21-11-9-18(2)10-12-21/h5-16,19H,4,17H2,1-3H3,(H,28,29)/t19-/m1/s1. The number of ether oxygens (including phenoxy) is 1. The molecule has 1 N–H and O–H groups in total. The Labute approximate surface area is 188 Å². The molecule has 5 nitrogen and oxygen atoms in total. The first-order valence-corrected chi connectivity index (χ1v) is 10.7. The van der Waals surface area contributed by atoms with Gasteiger partial charge in [0.25, 0.3) is 5.91 Å². The third-order valence-electron chi connectivity index (χ3n) is 5.42. The summed E-state index contributed by atoms with van der Waals surface area (Å²) in [6, 6.07) is 21.2. The monoisotopic (exact) mass is 429 g/mol. The van der Waals surface area contributed by atoms with Crippen molar-refractivity contribution in [3.63, 3.8) is 0 Å². The number of benzene rings is 3.